The van der Waals surface area contributed by atoms with Gasteiger partial charge in [0.25, 0.3) is 0 Å². The maximum Gasteiger partial charge on any atom is 0.470 e. The Morgan fingerprint density at radius 1 is 1.40 bits per heavy atom. The summed E-state index contributed by atoms with van der Waals surface area (Å²) in [5.74, 6) is 0.320. The van der Waals surface area contributed by atoms with E-state index in [-0.39, 0.29) is 11.9 Å². The molecule has 1 N–H and O–H groups in total. The first-order valence-electron chi connectivity index (χ1n) is 4.29. The maximum atomic E-state index is 12.1. The average Bonchev–Trinajstić information content (AvgIpc) is 2.67. The number of nitrogens with one attached hydrogen (secondary N) is 1. The number of hydrogen-bond donors (Lipinski definition) is 1. The average molecular weight is 239 g/mol. The van der Waals surface area contributed by atoms with Crippen molar-refractivity contribution in [3.8, 4) is 0 Å². The summed E-state index contributed by atoms with van der Waals surface area (Å²) in [5.41, 5.74) is 0. The molecule has 84 valence electrons. The summed E-state index contributed by atoms with van der Waals surface area (Å²) in [7, 11) is 0. The molecule has 0 bridgehead atoms. The number of rotatable bonds is 1. The summed E-state index contributed by atoms with van der Waals surface area (Å²) in [6, 6.07) is -0.271. The minimum Gasteiger partial charge on any atom is -0.416 e. The molecule has 0 aromatic carbocycles. The van der Waals surface area contributed by atoms with Crippen LogP contribution in [-0.4, -0.2) is 28.2 Å². The van der Waals surface area contributed by atoms with Gasteiger partial charge in [-0.05, 0) is 0 Å². The Balaban J connectivity index is 2.12. The molecule has 1 aliphatic rings. The van der Waals surface area contributed by atoms with Gasteiger partial charge in [-0.1, -0.05) is 0 Å². The number of aromatic nitrogens is 2. The summed E-state index contributed by atoms with van der Waals surface area (Å²) in [4.78, 5) is 0. The number of nitrogens with zero attached hydrogens (tertiary/aromatic N) is 2. The van der Waals surface area contributed by atoms with E-state index in [9.17, 15) is 13.2 Å². The first-order valence-corrected chi connectivity index (χ1v) is 5.44. The first-order chi connectivity index (χ1) is 7.07. The molecule has 0 amide bonds. The van der Waals surface area contributed by atoms with Crippen molar-refractivity contribution in [3.63, 3.8) is 0 Å². The molecule has 1 unspecified atom stereocenters. The smallest absolute Gasteiger partial charge is 0.416 e. The SMILES string of the molecule is FC(F)(F)c1nnc(C2CSCCN2)o1. The molecular weight excluding hydrogens is 231 g/mol. The lowest BCUT2D eigenvalue weighted by Crippen LogP contribution is -2.30. The molecule has 15 heavy (non-hydrogen) atoms. The molecule has 0 spiro atoms. The van der Waals surface area contributed by atoms with E-state index >= 15 is 0 Å². The molecular formula is C7H8F3N3OS. The summed E-state index contributed by atoms with van der Waals surface area (Å²) in [5, 5.41) is 9.38. The van der Waals surface area contributed by atoms with Crippen LogP contribution in [0.3, 0.4) is 0 Å². The standard InChI is InChI=1S/C7H8F3N3OS/c8-7(9,10)6-13-12-5(14-6)4-3-15-2-1-11-4/h4,11H,1-3H2. The van der Waals surface area contributed by atoms with Gasteiger partial charge >= 0.3 is 12.1 Å². The van der Waals surface area contributed by atoms with Crippen LogP contribution in [0, 0.1) is 0 Å². The molecule has 0 aliphatic carbocycles. The molecule has 1 atom stereocenters. The van der Waals surface area contributed by atoms with Crippen molar-refractivity contribution >= 4 is 11.8 Å². The highest BCUT2D eigenvalue weighted by atomic mass is 32.2. The number of halogens is 3. The largest absolute Gasteiger partial charge is 0.470 e. The van der Waals surface area contributed by atoms with Crippen LogP contribution in [0.2, 0.25) is 0 Å². The minimum absolute atomic E-state index is 0.00882. The fraction of sp³-hybridized carbons (Fsp3) is 0.714. The zero-order valence-corrected chi connectivity index (χ0v) is 8.36. The normalized spacial score (nSPS) is 23.0. The van der Waals surface area contributed by atoms with Gasteiger partial charge in [0.15, 0.2) is 0 Å². The number of thioether (sulfide) groups is 1. The molecule has 1 aromatic heterocycles. The zero-order chi connectivity index (χ0) is 10.9. The van der Waals surface area contributed by atoms with Gasteiger partial charge in [-0.2, -0.15) is 24.9 Å². The van der Waals surface area contributed by atoms with Crippen molar-refractivity contribution in [2.75, 3.05) is 18.1 Å². The van der Waals surface area contributed by atoms with Crippen molar-refractivity contribution in [2.45, 2.75) is 12.2 Å². The monoisotopic (exact) mass is 239 g/mol. The predicted octanol–water partition coefficient (Wildman–Crippen LogP) is 1.47. The van der Waals surface area contributed by atoms with Gasteiger partial charge in [0, 0.05) is 18.1 Å². The van der Waals surface area contributed by atoms with Gasteiger partial charge in [-0.25, -0.2) is 0 Å². The van der Waals surface area contributed by atoms with Crippen LogP contribution in [0.25, 0.3) is 0 Å². The highest BCUT2D eigenvalue weighted by Gasteiger charge is 2.39. The van der Waals surface area contributed by atoms with E-state index in [2.05, 4.69) is 19.9 Å². The van der Waals surface area contributed by atoms with Crippen LogP contribution in [0.4, 0.5) is 13.2 Å². The number of hydrogen-bond acceptors (Lipinski definition) is 5. The lowest BCUT2D eigenvalue weighted by molar-refractivity contribution is -0.157. The maximum absolute atomic E-state index is 12.1. The second-order valence-electron chi connectivity index (χ2n) is 3.02. The zero-order valence-electron chi connectivity index (χ0n) is 7.54. The van der Waals surface area contributed by atoms with Crippen LogP contribution >= 0.6 is 11.8 Å². The van der Waals surface area contributed by atoms with Crippen molar-refractivity contribution in [1.29, 1.82) is 0 Å². The van der Waals surface area contributed by atoms with Gasteiger partial charge < -0.3 is 9.73 Å². The van der Waals surface area contributed by atoms with E-state index in [0.29, 0.717) is 5.75 Å². The van der Waals surface area contributed by atoms with Crippen molar-refractivity contribution < 1.29 is 17.6 Å². The number of alkyl halides is 3. The second-order valence-corrected chi connectivity index (χ2v) is 4.17. The van der Waals surface area contributed by atoms with E-state index in [1.165, 1.54) is 0 Å². The molecule has 1 saturated heterocycles. The molecule has 0 saturated carbocycles. The Morgan fingerprint density at radius 3 is 2.73 bits per heavy atom. The molecule has 1 aliphatic heterocycles. The highest BCUT2D eigenvalue weighted by molar-refractivity contribution is 7.99. The van der Waals surface area contributed by atoms with E-state index in [0.717, 1.165) is 12.3 Å². The first kappa shape index (κ1) is 10.7. The third kappa shape index (κ3) is 2.43. The molecule has 2 rings (SSSR count). The van der Waals surface area contributed by atoms with Gasteiger partial charge in [0.05, 0.1) is 6.04 Å². The summed E-state index contributed by atoms with van der Waals surface area (Å²) in [6.45, 7) is 0.735. The fourth-order valence-electron chi connectivity index (χ4n) is 1.21. The summed E-state index contributed by atoms with van der Waals surface area (Å²) < 4.78 is 41.0. The van der Waals surface area contributed by atoms with E-state index in [1.807, 2.05) is 0 Å². The van der Waals surface area contributed by atoms with Gasteiger partial charge in [-0.3, -0.25) is 0 Å². The Bertz CT molecular complexity index is 334. The quantitative estimate of drug-likeness (QED) is 0.804. The fourth-order valence-corrected chi connectivity index (χ4v) is 2.14. The van der Waals surface area contributed by atoms with Crippen molar-refractivity contribution in [1.82, 2.24) is 15.5 Å². The van der Waals surface area contributed by atoms with Crippen LogP contribution in [0.15, 0.2) is 4.42 Å². The molecule has 2 heterocycles. The van der Waals surface area contributed by atoms with E-state index < -0.39 is 12.1 Å². The highest BCUT2D eigenvalue weighted by Crippen LogP contribution is 2.29. The van der Waals surface area contributed by atoms with Gasteiger partial charge in [0.2, 0.25) is 5.89 Å². The van der Waals surface area contributed by atoms with Crippen LogP contribution in [-0.2, 0) is 6.18 Å². The van der Waals surface area contributed by atoms with E-state index in [4.69, 9.17) is 0 Å². The predicted molar refractivity (Wildman–Crippen MR) is 47.4 cm³/mol. The topological polar surface area (TPSA) is 51.0 Å². The third-order valence-electron chi connectivity index (χ3n) is 1.90. The Labute approximate surface area is 87.6 Å². The second kappa shape index (κ2) is 4.01. The summed E-state index contributed by atoms with van der Waals surface area (Å²) in [6.07, 6.45) is -4.56. The van der Waals surface area contributed by atoms with Crippen LogP contribution < -0.4 is 5.32 Å². The van der Waals surface area contributed by atoms with Crippen molar-refractivity contribution in [2.24, 2.45) is 0 Å². The summed E-state index contributed by atoms with van der Waals surface area (Å²) >= 11 is 1.64. The molecule has 1 aromatic rings. The Hall–Kier alpha value is -0.760. The lowest BCUT2D eigenvalue weighted by atomic mass is 10.3. The van der Waals surface area contributed by atoms with Crippen LogP contribution in [0.5, 0.6) is 0 Å². The molecule has 0 radical (unpaired) electrons. The lowest BCUT2D eigenvalue weighted by Gasteiger charge is -2.19. The van der Waals surface area contributed by atoms with Crippen molar-refractivity contribution in [3.05, 3.63) is 11.8 Å². The molecule has 8 heteroatoms. The molecule has 4 nitrogen and oxygen atoms in total. The van der Waals surface area contributed by atoms with E-state index in [1.54, 1.807) is 11.8 Å². The third-order valence-corrected chi connectivity index (χ3v) is 2.96. The minimum atomic E-state index is -4.56. The van der Waals surface area contributed by atoms with Gasteiger partial charge in [0.1, 0.15) is 0 Å². The van der Waals surface area contributed by atoms with Crippen LogP contribution in [0.1, 0.15) is 17.8 Å². The Kier molecular flexibility index (Phi) is 2.87. The Morgan fingerprint density at radius 2 is 2.20 bits per heavy atom. The molecule has 1 fully saturated rings. The van der Waals surface area contributed by atoms with Gasteiger partial charge in [-0.15, -0.1) is 10.2 Å².